The second kappa shape index (κ2) is 5.32. The Morgan fingerprint density at radius 1 is 1.38 bits per heavy atom. The van der Waals surface area contributed by atoms with E-state index in [9.17, 15) is 4.79 Å². The molecular weight excluding hydrogens is 226 g/mol. The summed E-state index contributed by atoms with van der Waals surface area (Å²) in [5, 5.41) is 1.99. The fourth-order valence-corrected chi connectivity index (χ4v) is 1.29. The summed E-state index contributed by atoms with van der Waals surface area (Å²) in [7, 11) is 1.53. The quantitative estimate of drug-likeness (QED) is 0.823. The van der Waals surface area contributed by atoms with Gasteiger partial charge in [-0.15, -0.1) is 11.6 Å². The number of hydrogen-bond donors (Lipinski definition) is 1. The highest BCUT2D eigenvalue weighted by molar-refractivity contribution is 6.33. The lowest BCUT2D eigenvalue weighted by Crippen LogP contribution is -2.42. The zero-order valence-electron chi connectivity index (χ0n) is 9.66. The fourth-order valence-electron chi connectivity index (χ4n) is 1.15. The van der Waals surface area contributed by atoms with Gasteiger partial charge in [-0.2, -0.15) is 0 Å². The molecule has 0 spiro atoms. The van der Waals surface area contributed by atoms with Gasteiger partial charge < -0.3 is 10.1 Å². The molecule has 88 valence electrons. The first-order valence-electron chi connectivity index (χ1n) is 5.02. The molecule has 1 N–H and O–H groups in total. The third-order valence-electron chi connectivity index (χ3n) is 2.41. The lowest BCUT2D eigenvalue weighted by Gasteiger charge is -2.27. The molecule has 1 amide bonds. The number of rotatable bonds is 4. The molecule has 0 aliphatic rings. The van der Waals surface area contributed by atoms with E-state index in [-0.39, 0.29) is 5.91 Å². The molecule has 0 fully saturated rings. The molecule has 1 unspecified atom stereocenters. The lowest BCUT2D eigenvalue weighted by molar-refractivity contribution is -0.120. The highest BCUT2D eigenvalue weighted by atomic mass is 35.5. The average molecular weight is 242 g/mol. The van der Waals surface area contributed by atoms with Crippen LogP contribution in [0.3, 0.4) is 0 Å². The van der Waals surface area contributed by atoms with Crippen LogP contribution in [0.2, 0.25) is 0 Å². The summed E-state index contributed by atoms with van der Waals surface area (Å²) in [5.74, 6) is -0.264. The van der Waals surface area contributed by atoms with E-state index in [4.69, 9.17) is 16.3 Å². The first kappa shape index (κ1) is 13.0. The van der Waals surface area contributed by atoms with Crippen molar-refractivity contribution >= 4 is 23.2 Å². The van der Waals surface area contributed by atoms with Crippen molar-refractivity contribution in [3.05, 3.63) is 30.3 Å². The van der Waals surface area contributed by atoms with Crippen LogP contribution in [0.15, 0.2) is 30.3 Å². The van der Waals surface area contributed by atoms with Gasteiger partial charge in [-0.1, -0.05) is 18.2 Å². The van der Waals surface area contributed by atoms with Crippen LogP contribution in [0.5, 0.6) is 0 Å². The first-order chi connectivity index (χ1) is 7.47. The number of methoxy groups -OCH3 is 1. The summed E-state index contributed by atoms with van der Waals surface area (Å²) in [6.07, 6.45) is 0. The van der Waals surface area contributed by atoms with Crippen LogP contribution < -0.4 is 5.32 Å². The molecule has 0 saturated heterocycles. The van der Waals surface area contributed by atoms with E-state index in [0.29, 0.717) is 0 Å². The maximum Gasteiger partial charge on any atom is 0.245 e. The average Bonchev–Trinajstić information content (AvgIpc) is 2.29. The summed E-state index contributed by atoms with van der Waals surface area (Å²) in [5.41, 5.74) is 0.0329. The van der Waals surface area contributed by atoms with Crippen LogP contribution in [-0.2, 0) is 9.53 Å². The molecule has 4 heteroatoms. The molecule has 1 rings (SSSR count). The Bertz CT molecular complexity index is 351. The van der Waals surface area contributed by atoms with Gasteiger partial charge in [0, 0.05) is 12.8 Å². The van der Waals surface area contributed by atoms with Crippen molar-refractivity contribution in [2.24, 2.45) is 0 Å². The monoisotopic (exact) mass is 241 g/mol. The number of halogens is 1. The van der Waals surface area contributed by atoms with Gasteiger partial charge >= 0.3 is 0 Å². The van der Waals surface area contributed by atoms with E-state index in [2.05, 4.69) is 5.32 Å². The third-order valence-corrected chi connectivity index (χ3v) is 3.13. The minimum Gasteiger partial charge on any atom is -0.377 e. The second-order valence-electron chi connectivity index (χ2n) is 4.03. The topological polar surface area (TPSA) is 38.3 Å². The normalized spacial score (nSPS) is 13.2. The van der Waals surface area contributed by atoms with Gasteiger partial charge in [-0.3, -0.25) is 4.79 Å². The summed E-state index contributed by atoms with van der Waals surface area (Å²) in [4.78, 5) is 11.8. The molecule has 0 aromatic heterocycles. The molecule has 0 heterocycles. The minimum absolute atomic E-state index is 0.264. The summed E-state index contributed by atoms with van der Waals surface area (Å²) in [6.45, 7) is 3.55. The number of nitrogens with one attached hydrogen (secondary N) is 1. The number of anilines is 1. The predicted octanol–water partition coefficient (Wildman–Crippen LogP) is 2.66. The Balaban J connectivity index is 2.66. The largest absolute Gasteiger partial charge is 0.377 e. The van der Waals surface area contributed by atoms with Crippen molar-refractivity contribution in [2.45, 2.75) is 24.8 Å². The van der Waals surface area contributed by atoms with Crippen molar-refractivity contribution in [3.8, 4) is 0 Å². The van der Waals surface area contributed by atoms with Gasteiger partial charge in [0.05, 0.1) is 5.60 Å². The van der Waals surface area contributed by atoms with Gasteiger partial charge in [0.1, 0.15) is 5.38 Å². The molecular formula is C12H16ClNO2. The third kappa shape index (κ3) is 3.22. The molecule has 1 atom stereocenters. The molecule has 0 aliphatic carbocycles. The maximum atomic E-state index is 11.8. The predicted molar refractivity (Wildman–Crippen MR) is 65.8 cm³/mol. The maximum absolute atomic E-state index is 11.8. The van der Waals surface area contributed by atoms with Gasteiger partial charge in [-0.05, 0) is 26.0 Å². The Morgan fingerprint density at radius 3 is 2.44 bits per heavy atom. The van der Waals surface area contributed by atoms with Crippen molar-refractivity contribution in [1.82, 2.24) is 0 Å². The molecule has 1 aromatic carbocycles. The number of hydrogen-bond acceptors (Lipinski definition) is 2. The summed E-state index contributed by atoms with van der Waals surface area (Å²) < 4.78 is 5.17. The highest BCUT2D eigenvalue weighted by Gasteiger charge is 2.33. The Morgan fingerprint density at radius 2 is 1.94 bits per heavy atom. The van der Waals surface area contributed by atoms with E-state index in [1.807, 2.05) is 18.2 Å². The van der Waals surface area contributed by atoms with Gasteiger partial charge in [0.25, 0.3) is 0 Å². The zero-order valence-corrected chi connectivity index (χ0v) is 10.4. The van der Waals surface area contributed by atoms with Crippen molar-refractivity contribution in [3.63, 3.8) is 0 Å². The standard InChI is InChI=1S/C12H16ClNO2/c1-12(2,16-3)10(13)11(15)14-9-7-5-4-6-8-9/h4-8,10H,1-3H3,(H,14,15). The van der Waals surface area contributed by atoms with Crippen LogP contribution in [0.1, 0.15) is 13.8 Å². The molecule has 1 aromatic rings. The van der Waals surface area contributed by atoms with Crippen molar-refractivity contribution in [1.29, 1.82) is 0 Å². The van der Waals surface area contributed by atoms with E-state index in [1.54, 1.807) is 26.0 Å². The number of benzene rings is 1. The summed E-state index contributed by atoms with van der Waals surface area (Å²) >= 11 is 6.04. The molecule has 0 aliphatic heterocycles. The molecule has 16 heavy (non-hydrogen) atoms. The SMILES string of the molecule is COC(C)(C)C(Cl)C(=O)Nc1ccccc1. The number of carbonyl (C=O) groups is 1. The number of ether oxygens (including phenoxy) is 1. The van der Waals surface area contributed by atoms with E-state index in [0.717, 1.165) is 5.69 Å². The first-order valence-corrected chi connectivity index (χ1v) is 5.46. The van der Waals surface area contributed by atoms with Crippen LogP contribution in [0.4, 0.5) is 5.69 Å². The smallest absolute Gasteiger partial charge is 0.245 e. The van der Waals surface area contributed by atoms with Crippen LogP contribution in [0.25, 0.3) is 0 Å². The van der Waals surface area contributed by atoms with Gasteiger partial charge in [0.2, 0.25) is 5.91 Å². The molecule has 0 radical (unpaired) electrons. The summed E-state index contributed by atoms with van der Waals surface area (Å²) in [6, 6.07) is 9.19. The number of amides is 1. The van der Waals surface area contributed by atoms with Gasteiger partial charge in [0.15, 0.2) is 0 Å². The molecule has 3 nitrogen and oxygen atoms in total. The second-order valence-corrected chi connectivity index (χ2v) is 4.46. The fraction of sp³-hybridized carbons (Fsp3) is 0.417. The van der Waals surface area contributed by atoms with Crippen molar-refractivity contribution in [2.75, 3.05) is 12.4 Å². The highest BCUT2D eigenvalue weighted by Crippen LogP contribution is 2.21. The minimum atomic E-state index is -0.738. The lowest BCUT2D eigenvalue weighted by atomic mass is 10.0. The van der Waals surface area contributed by atoms with Crippen LogP contribution >= 0.6 is 11.6 Å². The number of carbonyl (C=O) groups excluding carboxylic acids is 1. The number of alkyl halides is 1. The van der Waals surface area contributed by atoms with Gasteiger partial charge in [-0.25, -0.2) is 0 Å². The molecule has 0 bridgehead atoms. The van der Waals surface area contributed by atoms with E-state index < -0.39 is 11.0 Å². The molecule has 0 saturated carbocycles. The zero-order chi connectivity index (χ0) is 12.2. The number of para-hydroxylation sites is 1. The Labute approximate surface area is 101 Å². The van der Waals surface area contributed by atoms with Crippen LogP contribution in [-0.4, -0.2) is 24.0 Å². The Hall–Kier alpha value is -1.06. The van der Waals surface area contributed by atoms with Crippen molar-refractivity contribution < 1.29 is 9.53 Å². The van der Waals surface area contributed by atoms with Crippen LogP contribution in [0, 0.1) is 0 Å². The van der Waals surface area contributed by atoms with E-state index >= 15 is 0 Å². The Kier molecular flexibility index (Phi) is 4.33. The van der Waals surface area contributed by atoms with E-state index in [1.165, 1.54) is 7.11 Å².